The molecule has 0 amide bonds. The molecule has 54 valence electrons. The summed E-state index contributed by atoms with van der Waals surface area (Å²) >= 11 is 0. The third-order valence-corrected chi connectivity index (χ3v) is 1.88. The van der Waals surface area contributed by atoms with Crippen LogP contribution in [0.15, 0.2) is 0 Å². The lowest BCUT2D eigenvalue weighted by atomic mass is 10.1. The lowest BCUT2D eigenvalue weighted by Gasteiger charge is -2.12. The zero-order valence-corrected chi connectivity index (χ0v) is 5.88. The Morgan fingerprint density at radius 3 is 2.56 bits per heavy atom. The summed E-state index contributed by atoms with van der Waals surface area (Å²) < 4.78 is 0. The van der Waals surface area contributed by atoms with E-state index in [1.165, 1.54) is 12.8 Å². The van der Waals surface area contributed by atoms with E-state index < -0.39 is 0 Å². The molecule has 1 fully saturated rings. The van der Waals surface area contributed by atoms with Crippen LogP contribution in [0.5, 0.6) is 0 Å². The third kappa shape index (κ3) is 2.33. The van der Waals surface area contributed by atoms with E-state index in [0.717, 1.165) is 12.3 Å². The maximum absolute atomic E-state index is 9.21. The lowest BCUT2D eigenvalue weighted by molar-refractivity contribution is 0.135. The van der Waals surface area contributed by atoms with Crippen molar-refractivity contribution in [2.24, 2.45) is 11.7 Å². The summed E-state index contributed by atoms with van der Waals surface area (Å²) in [4.78, 5) is 0. The molecule has 0 aliphatic heterocycles. The van der Waals surface area contributed by atoms with Crippen molar-refractivity contribution < 1.29 is 5.11 Å². The molecule has 0 aromatic carbocycles. The lowest BCUT2D eigenvalue weighted by Crippen LogP contribution is -2.31. The molecule has 1 aliphatic carbocycles. The second-order valence-electron chi connectivity index (χ2n) is 3.11. The molecule has 2 heteroatoms. The van der Waals surface area contributed by atoms with Crippen LogP contribution in [0.2, 0.25) is 0 Å². The van der Waals surface area contributed by atoms with Gasteiger partial charge in [0.1, 0.15) is 0 Å². The molecule has 1 rings (SSSR count). The predicted octanol–water partition coefficient (Wildman–Crippen LogP) is 0.495. The van der Waals surface area contributed by atoms with E-state index in [2.05, 4.69) is 0 Å². The van der Waals surface area contributed by atoms with Crippen LogP contribution < -0.4 is 5.73 Å². The van der Waals surface area contributed by atoms with Gasteiger partial charge in [0.05, 0.1) is 6.10 Å². The van der Waals surface area contributed by atoms with Crippen LogP contribution in [0, 0.1) is 5.92 Å². The van der Waals surface area contributed by atoms with E-state index in [1.807, 2.05) is 6.92 Å². The van der Waals surface area contributed by atoms with Gasteiger partial charge in [-0.25, -0.2) is 0 Å². The van der Waals surface area contributed by atoms with E-state index >= 15 is 0 Å². The van der Waals surface area contributed by atoms with Crippen molar-refractivity contribution >= 4 is 0 Å². The minimum absolute atomic E-state index is 0.0504. The monoisotopic (exact) mass is 129 g/mol. The molecule has 1 unspecified atom stereocenters. The number of aliphatic hydroxyl groups excluding tert-OH is 1. The molecule has 0 bridgehead atoms. The minimum Gasteiger partial charge on any atom is -0.392 e. The highest BCUT2D eigenvalue weighted by atomic mass is 16.3. The van der Waals surface area contributed by atoms with E-state index in [-0.39, 0.29) is 12.1 Å². The molecule has 2 nitrogen and oxygen atoms in total. The zero-order valence-electron chi connectivity index (χ0n) is 5.88. The summed E-state index contributed by atoms with van der Waals surface area (Å²) in [6.07, 6.45) is 3.24. The average Bonchev–Trinajstić information content (AvgIpc) is 2.50. The molecule has 9 heavy (non-hydrogen) atoms. The fraction of sp³-hybridized carbons (Fsp3) is 1.00. The summed E-state index contributed by atoms with van der Waals surface area (Å²) in [5.74, 6) is 0.783. The Labute approximate surface area is 56.1 Å². The molecule has 0 aromatic heterocycles. The van der Waals surface area contributed by atoms with Gasteiger partial charge in [0.25, 0.3) is 0 Å². The number of rotatable bonds is 3. The molecule has 0 aromatic rings. The van der Waals surface area contributed by atoms with Crippen molar-refractivity contribution in [2.75, 3.05) is 0 Å². The number of hydrogen-bond acceptors (Lipinski definition) is 2. The molecule has 0 spiro atoms. The Hall–Kier alpha value is -0.0800. The topological polar surface area (TPSA) is 46.2 Å². The van der Waals surface area contributed by atoms with Gasteiger partial charge in [-0.15, -0.1) is 0 Å². The van der Waals surface area contributed by atoms with Gasteiger partial charge >= 0.3 is 0 Å². The first kappa shape index (κ1) is 7.03. The minimum atomic E-state index is -0.266. The Morgan fingerprint density at radius 2 is 2.22 bits per heavy atom. The predicted molar refractivity (Wildman–Crippen MR) is 37.0 cm³/mol. The summed E-state index contributed by atoms with van der Waals surface area (Å²) in [5.41, 5.74) is 5.46. The number of hydrogen-bond donors (Lipinski definition) is 2. The molecule has 1 aliphatic rings. The molecule has 0 heterocycles. The van der Waals surface area contributed by atoms with Gasteiger partial charge in [-0.2, -0.15) is 0 Å². The van der Waals surface area contributed by atoms with Gasteiger partial charge < -0.3 is 10.8 Å². The normalized spacial score (nSPS) is 25.7. The van der Waals surface area contributed by atoms with Crippen molar-refractivity contribution in [1.82, 2.24) is 0 Å². The molecule has 3 N–H and O–H groups in total. The smallest absolute Gasteiger partial charge is 0.0691 e. The molecule has 1 saturated carbocycles. The summed E-state index contributed by atoms with van der Waals surface area (Å²) in [6.45, 7) is 1.85. The summed E-state index contributed by atoms with van der Waals surface area (Å²) in [5, 5.41) is 9.21. The van der Waals surface area contributed by atoms with Crippen LogP contribution in [0.1, 0.15) is 26.2 Å². The van der Waals surface area contributed by atoms with Gasteiger partial charge in [0.2, 0.25) is 0 Å². The fourth-order valence-electron chi connectivity index (χ4n) is 0.910. The number of aliphatic hydroxyl groups is 1. The van der Waals surface area contributed by atoms with Crippen LogP contribution in [-0.4, -0.2) is 17.3 Å². The quantitative estimate of drug-likeness (QED) is 0.582. The largest absolute Gasteiger partial charge is 0.392 e. The summed E-state index contributed by atoms with van der Waals surface area (Å²) in [6, 6.07) is -0.0504. The van der Waals surface area contributed by atoms with Crippen LogP contribution in [0.3, 0.4) is 0 Å². The van der Waals surface area contributed by atoms with E-state index in [9.17, 15) is 5.11 Å². The van der Waals surface area contributed by atoms with Crippen LogP contribution in [-0.2, 0) is 0 Å². The summed E-state index contributed by atoms with van der Waals surface area (Å²) in [7, 11) is 0. The zero-order chi connectivity index (χ0) is 6.85. The highest BCUT2D eigenvalue weighted by Gasteiger charge is 2.25. The Kier molecular flexibility index (Phi) is 2.09. The second-order valence-corrected chi connectivity index (χ2v) is 3.11. The highest BCUT2D eigenvalue weighted by Crippen LogP contribution is 2.33. The standard InChI is InChI=1S/C7H15NO/c1-5(8)7(9)4-6-2-3-6/h5-7,9H,2-4,8H2,1H3/t5-,7?/m0/s1. The first-order valence-electron chi connectivity index (χ1n) is 3.64. The Morgan fingerprint density at radius 1 is 1.67 bits per heavy atom. The first-order valence-corrected chi connectivity index (χ1v) is 3.64. The van der Waals surface area contributed by atoms with Crippen molar-refractivity contribution in [3.05, 3.63) is 0 Å². The van der Waals surface area contributed by atoms with Gasteiger partial charge in [-0.3, -0.25) is 0 Å². The van der Waals surface area contributed by atoms with Crippen LogP contribution in [0.25, 0.3) is 0 Å². The second kappa shape index (κ2) is 2.67. The van der Waals surface area contributed by atoms with Gasteiger partial charge in [0, 0.05) is 6.04 Å². The van der Waals surface area contributed by atoms with Gasteiger partial charge in [0.15, 0.2) is 0 Å². The van der Waals surface area contributed by atoms with Crippen molar-refractivity contribution in [1.29, 1.82) is 0 Å². The maximum Gasteiger partial charge on any atom is 0.0691 e. The fourth-order valence-corrected chi connectivity index (χ4v) is 0.910. The van der Waals surface area contributed by atoms with E-state index in [1.54, 1.807) is 0 Å². The SMILES string of the molecule is C[C@H](N)C(O)CC1CC1. The molecule has 0 radical (unpaired) electrons. The van der Waals surface area contributed by atoms with Crippen LogP contribution >= 0.6 is 0 Å². The highest BCUT2D eigenvalue weighted by molar-refractivity contribution is 4.79. The molecule has 0 saturated heterocycles. The van der Waals surface area contributed by atoms with Gasteiger partial charge in [-0.05, 0) is 19.3 Å². The maximum atomic E-state index is 9.21. The average molecular weight is 129 g/mol. The molecular formula is C7H15NO. The van der Waals surface area contributed by atoms with E-state index in [0.29, 0.717) is 0 Å². The Bertz CT molecular complexity index is 88.9. The molecular weight excluding hydrogens is 114 g/mol. The van der Waals surface area contributed by atoms with Gasteiger partial charge in [-0.1, -0.05) is 12.8 Å². The third-order valence-electron chi connectivity index (χ3n) is 1.88. The van der Waals surface area contributed by atoms with Crippen molar-refractivity contribution in [3.63, 3.8) is 0 Å². The van der Waals surface area contributed by atoms with Crippen LogP contribution in [0.4, 0.5) is 0 Å². The Balaban J connectivity index is 2.09. The number of nitrogens with two attached hydrogens (primary N) is 1. The first-order chi connectivity index (χ1) is 4.20. The molecule has 2 atom stereocenters. The van der Waals surface area contributed by atoms with Crippen molar-refractivity contribution in [3.8, 4) is 0 Å². The van der Waals surface area contributed by atoms with E-state index in [4.69, 9.17) is 5.73 Å². The van der Waals surface area contributed by atoms with Crippen molar-refractivity contribution in [2.45, 2.75) is 38.3 Å².